The second-order valence-electron chi connectivity index (χ2n) is 4.05. The second kappa shape index (κ2) is 3.69. The molecule has 0 saturated heterocycles. The molecule has 0 aliphatic rings. The van der Waals surface area contributed by atoms with Crippen LogP contribution in [0, 0.1) is 6.92 Å². The number of hydrogen-bond donors (Lipinski definition) is 3. The van der Waals surface area contributed by atoms with Crippen LogP contribution in [0.4, 0.5) is 0 Å². The van der Waals surface area contributed by atoms with Crippen LogP contribution in [0.25, 0.3) is 22.2 Å². The van der Waals surface area contributed by atoms with Gasteiger partial charge in [0.05, 0.1) is 11.2 Å². The Hall–Kier alpha value is -2.63. The predicted octanol–water partition coefficient (Wildman–Crippen LogP) is 1.96. The topological polar surface area (TPSA) is 94.7 Å². The van der Waals surface area contributed by atoms with Crippen molar-refractivity contribution in [1.29, 1.82) is 0 Å². The molecule has 0 fully saturated rings. The molecule has 2 heterocycles. The zero-order valence-electron chi connectivity index (χ0n) is 9.56. The monoisotopic (exact) mass is 242 g/mol. The molecule has 0 amide bonds. The summed E-state index contributed by atoms with van der Waals surface area (Å²) in [6.07, 6.45) is 0. The third kappa shape index (κ3) is 1.55. The highest BCUT2D eigenvalue weighted by Gasteiger charge is 2.10. The van der Waals surface area contributed by atoms with Gasteiger partial charge in [-0.25, -0.2) is 4.79 Å². The smallest absolute Gasteiger partial charge is 0.353 e. The maximum absolute atomic E-state index is 10.8. The highest BCUT2D eigenvalue weighted by atomic mass is 16.4. The van der Waals surface area contributed by atoms with Crippen LogP contribution in [0.1, 0.15) is 16.2 Å². The van der Waals surface area contributed by atoms with E-state index in [0.29, 0.717) is 5.69 Å². The Balaban J connectivity index is 2.12. The number of benzene rings is 1. The van der Waals surface area contributed by atoms with Crippen molar-refractivity contribution >= 4 is 16.9 Å². The standard InChI is InChI=1S/C12H10N4O2/c1-6-8-4-7(2-3-9(8)14-13-6)10-5-11(12(17)18)16-15-10/h2-5H,1H3,(H,13,14)(H,15,16)(H,17,18). The lowest BCUT2D eigenvalue weighted by atomic mass is 10.1. The summed E-state index contributed by atoms with van der Waals surface area (Å²) in [5.74, 6) is -1.02. The number of carbonyl (C=O) groups is 1. The van der Waals surface area contributed by atoms with Crippen LogP contribution in [-0.2, 0) is 0 Å². The van der Waals surface area contributed by atoms with Crippen molar-refractivity contribution in [1.82, 2.24) is 20.4 Å². The van der Waals surface area contributed by atoms with E-state index in [0.717, 1.165) is 22.2 Å². The van der Waals surface area contributed by atoms with Gasteiger partial charge in [-0.3, -0.25) is 10.2 Å². The highest BCUT2D eigenvalue weighted by Crippen LogP contribution is 2.24. The Kier molecular flexibility index (Phi) is 2.16. The molecule has 6 nitrogen and oxygen atoms in total. The Labute approximate surface area is 102 Å². The van der Waals surface area contributed by atoms with Gasteiger partial charge in [0.25, 0.3) is 0 Å². The first-order chi connectivity index (χ1) is 8.65. The first-order valence-electron chi connectivity index (χ1n) is 5.39. The minimum atomic E-state index is -1.02. The van der Waals surface area contributed by atoms with Gasteiger partial charge >= 0.3 is 5.97 Å². The molecule has 3 N–H and O–H groups in total. The summed E-state index contributed by atoms with van der Waals surface area (Å²) in [6, 6.07) is 7.20. The summed E-state index contributed by atoms with van der Waals surface area (Å²) in [5, 5.41) is 23.4. The number of fused-ring (bicyclic) bond motifs is 1. The fourth-order valence-corrected chi connectivity index (χ4v) is 1.88. The van der Waals surface area contributed by atoms with E-state index in [1.165, 1.54) is 6.07 Å². The second-order valence-corrected chi connectivity index (χ2v) is 4.05. The summed E-state index contributed by atoms with van der Waals surface area (Å²) >= 11 is 0. The molecule has 0 spiro atoms. The number of carboxylic acids is 1. The van der Waals surface area contributed by atoms with Crippen molar-refractivity contribution in [2.24, 2.45) is 0 Å². The molecular weight excluding hydrogens is 232 g/mol. The molecule has 3 aromatic rings. The molecule has 90 valence electrons. The van der Waals surface area contributed by atoms with Crippen molar-refractivity contribution in [2.45, 2.75) is 6.92 Å². The first kappa shape index (κ1) is 10.5. The van der Waals surface area contributed by atoms with Crippen molar-refractivity contribution in [2.75, 3.05) is 0 Å². The van der Waals surface area contributed by atoms with E-state index in [4.69, 9.17) is 5.11 Å². The Bertz CT molecular complexity index is 741. The van der Waals surface area contributed by atoms with Gasteiger partial charge in [0.2, 0.25) is 0 Å². The number of nitrogens with zero attached hydrogens (tertiary/aromatic N) is 2. The molecule has 3 rings (SSSR count). The third-order valence-corrected chi connectivity index (χ3v) is 2.85. The molecule has 0 saturated carbocycles. The average molecular weight is 242 g/mol. The zero-order chi connectivity index (χ0) is 12.7. The van der Waals surface area contributed by atoms with Gasteiger partial charge in [0.1, 0.15) is 5.69 Å². The molecule has 0 unspecified atom stereocenters. The quantitative estimate of drug-likeness (QED) is 0.640. The van der Waals surface area contributed by atoms with E-state index in [9.17, 15) is 4.79 Å². The Morgan fingerprint density at radius 3 is 2.78 bits per heavy atom. The summed E-state index contributed by atoms with van der Waals surface area (Å²) in [5.41, 5.74) is 3.39. The van der Waals surface area contributed by atoms with Gasteiger partial charge in [-0.2, -0.15) is 10.2 Å². The van der Waals surface area contributed by atoms with Crippen molar-refractivity contribution in [3.63, 3.8) is 0 Å². The predicted molar refractivity (Wildman–Crippen MR) is 65.4 cm³/mol. The first-order valence-corrected chi connectivity index (χ1v) is 5.39. The van der Waals surface area contributed by atoms with Crippen molar-refractivity contribution in [3.05, 3.63) is 35.7 Å². The number of carboxylic acid groups (broad SMARTS) is 1. The number of H-pyrrole nitrogens is 2. The Morgan fingerprint density at radius 2 is 2.06 bits per heavy atom. The lowest BCUT2D eigenvalue weighted by molar-refractivity contribution is 0.0690. The van der Waals surface area contributed by atoms with Crippen LogP contribution in [0.2, 0.25) is 0 Å². The van der Waals surface area contributed by atoms with Crippen LogP contribution >= 0.6 is 0 Å². The fraction of sp³-hybridized carbons (Fsp3) is 0.0833. The van der Waals surface area contributed by atoms with Gasteiger partial charge in [-0.05, 0) is 25.1 Å². The molecule has 1 aromatic carbocycles. The SMILES string of the molecule is Cc1[nH]nc2ccc(-c3cc(C(=O)O)[nH]n3)cc12. The van der Waals surface area contributed by atoms with Crippen molar-refractivity contribution in [3.8, 4) is 11.3 Å². The number of rotatable bonds is 2. The van der Waals surface area contributed by atoms with E-state index in [2.05, 4.69) is 20.4 Å². The van der Waals surface area contributed by atoms with Gasteiger partial charge < -0.3 is 5.11 Å². The molecule has 18 heavy (non-hydrogen) atoms. The number of hydrogen-bond acceptors (Lipinski definition) is 3. The minimum Gasteiger partial charge on any atom is -0.477 e. The minimum absolute atomic E-state index is 0.0778. The normalized spacial score (nSPS) is 10.9. The summed E-state index contributed by atoms with van der Waals surface area (Å²) in [4.78, 5) is 10.8. The maximum atomic E-state index is 10.8. The van der Waals surface area contributed by atoms with E-state index < -0.39 is 5.97 Å². The summed E-state index contributed by atoms with van der Waals surface area (Å²) < 4.78 is 0. The van der Waals surface area contributed by atoms with Crippen LogP contribution in [0.3, 0.4) is 0 Å². The lowest BCUT2D eigenvalue weighted by Gasteiger charge is -1.96. The van der Waals surface area contributed by atoms with Crippen LogP contribution in [0.5, 0.6) is 0 Å². The van der Waals surface area contributed by atoms with Gasteiger partial charge in [0.15, 0.2) is 0 Å². The molecule has 0 aliphatic heterocycles. The van der Waals surface area contributed by atoms with Crippen LogP contribution < -0.4 is 0 Å². The molecule has 0 radical (unpaired) electrons. The largest absolute Gasteiger partial charge is 0.477 e. The molecular formula is C12H10N4O2. The number of aromatic amines is 2. The van der Waals surface area contributed by atoms with E-state index in [-0.39, 0.29) is 5.69 Å². The lowest BCUT2D eigenvalue weighted by Crippen LogP contribution is -1.95. The number of aryl methyl sites for hydroxylation is 1. The number of nitrogens with one attached hydrogen (secondary N) is 2. The maximum Gasteiger partial charge on any atom is 0.353 e. The number of aromatic carboxylic acids is 1. The van der Waals surface area contributed by atoms with Gasteiger partial charge in [-0.15, -0.1) is 0 Å². The summed E-state index contributed by atoms with van der Waals surface area (Å²) in [6.45, 7) is 1.94. The molecule has 0 aliphatic carbocycles. The molecule has 6 heteroatoms. The number of aromatic nitrogens is 4. The van der Waals surface area contributed by atoms with Crippen LogP contribution in [0.15, 0.2) is 24.3 Å². The zero-order valence-corrected chi connectivity index (χ0v) is 9.56. The fourth-order valence-electron chi connectivity index (χ4n) is 1.88. The molecule has 2 aromatic heterocycles. The van der Waals surface area contributed by atoms with E-state index in [1.807, 2.05) is 25.1 Å². The van der Waals surface area contributed by atoms with Crippen LogP contribution in [-0.4, -0.2) is 31.5 Å². The third-order valence-electron chi connectivity index (χ3n) is 2.85. The van der Waals surface area contributed by atoms with E-state index in [1.54, 1.807) is 0 Å². The Morgan fingerprint density at radius 1 is 1.22 bits per heavy atom. The van der Waals surface area contributed by atoms with E-state index >= 15 is 0 Å². The van der Waals surface area contributed by atoms with Crippen molar-refractivity contribution < 1.29 is 9.90 Å². The molecule has 0 atom stereocenters. The average Bonchev–Trinajstić information content (AvgIpc) is 2.96. The van der Waals surface area contributed by atoms with Gasteiger partial charge in [0, 0.05) is 16.6 Å². The van der Waals surface area contributed by atoms with Gasteiger partial charge in [-0.1, -0.05) is 6.07 Å². The highest BCUT2D eigenvalue weighted by molar-refractivity contribution is 5.89. The summed E-state index contributed by atoms with van der Waals surface area (Å²) in [7, 11) is 0. The molecule has 0 bridgehead atoms.